The number of carboxylic acids is 1. The number of phenols is 1. The number of rotatable bonds is 7. The van der Waals surface area contributed by atoms with Gasteiger partial charge in [-0.05, 0) is 42.8 Å². The van der Waals surface area contributed by atoms with Crippen LogP contribution >= 0.6 is 24.0 Å². The van der Waals surface area contributed by atoms with Gasteiger partial charge in [0.05, 0.1) is 10.5 Å². The number of hydrogen-bond acceptors (Lipinski definition) is 6. The molecule has 0 aromatic heterocycles. The fraction of sp³-hybridized carbons (Fsp3) is 0.143. The molecular weight excluding hydrogens is 424 g/mol. The zero-order valence-corrected chi connectivity index (χ0v) is 17.3. The van der Waals surface area contributed by atoms with Gasteiger partial charge in [-0.2, -0.15) is 0 Å². The minimum Gasteiger partial charge on any atom is -0.507 e. The Hall–Kier alpha value is -3.17. The van der Waals surface area contributed by atoms with Gasteiger partial charge in [-0.15, -0.1) is 0 Å². The molecule has 1 aliphatic heterocycles. The van der Waals surface area contributed by atoms with Crippen LogP contribution in [0.2, 0.25) is 0 Å². The Labute approximate surface area is 182 Å². The normalized spacial score (nSPS) is 14.9. The molecule has 3 rings (SSSR count). The van der Waals surface area contributed by atoms with E-state index in [1.54, 1.807) is 30.3 Å². The predicted octanol–water partition coefficient (Wildman–Crippen LogP) is 3.71. The first-order valence-electron chi connectivity index (χ1n) is 9.02. The van der Waals surface area contributed by atoms with E-state index in [0.29, 0.717) is 33.4 Å². The average molecular weight is 443 g/mol. The molecule has 0 bridgehead atoms. The highest BCUT2D eigenvalue weighted by Gasteiger charge is 2.31. The summed E-state index contributed by atoms with van der Waals surface area (Å²) in [5.41, 5.74) is 1.17. The number of nitrogens with one attached hydrogen (secondary N) is 1. The fourth-order valence-corrected chi connectivity index (χ4v) is 4.06. The highest BCUT2D eigenvalue weighted by atomic mass is 32.2. The van der Waals surface area contributed by atoms with Crippen molar-refractivity contribution in [2.75, 3.05) is 11.9 Å². The molecule has 2 aromatic rings. The number of para-hydroxylation sites is 1. The molecule has 2 aromatic carbocycles. The summed E-state index contributed by atoms with van der Waals surface area (Å²) in [6.07, 6.45) is 2.19. The van der Waals surface area contributed by atoms with E-state index in [4.69, 9.17) is 17.3 Å². The quantitative estimate of drug-likeness (QED) is 0.443. The third-order valence-electron chi connectivity index (χ3n) is 4.30. The molecule has 154 valence electrons. The molecule has 1 aliphatic rings. The van der Waals surface area contributed by atoms with E-state index in [0.717, 1.165) is 11.8 Å². The van der Waals surface area contributed by atoms with Crippen LogP contribution < -0.4 is 5.32 Å². The number of aromatic hydroxyl groups is 1. The Morgan fingerprint density at radius 2 is 1.83 bits per heavy atom. The summed E-state index contributed by atoms with van der Waals surface area (Å²) in [4.78, 5) is 37.4. The summed E-state index contributed by atoms with van der Waals surface area (Å²) >= 11 is 6.44. The minimum atomic E-state index is -1.03. The van der Waals surface area contributed by atoms with Crippen molar-refractivity contribution in [3.8, 4) is 5.75 Å². The molecule has 9 heteroatoms. The van der Waals surface area contributed by atoms with E-state index >= 15 is 0 Å². The van der Waals surface area contributed by atoms with Crippen molar-refractivity contribution in [1.82, 2.24) is 4.90 Å². The summed E-state index contributed by atoms with van der Waals surface area (Å²) in [5.74, 6) is -1.45. The van der Waals surface area contributed by atoms with Crippen LogP contribution in [0.25, 0.3) is 6.08 Å². The summed E-state index contributed by atoms with van der Waals surface area (Å²) in [7, 11) is 0. The third-order valence-corrected chi connectivity index (χ3v) is 5.68. The van der Waals surface area contributed by atoms with Gasteiger partial charge in [0.1, 0.15) is 10.1 Å². The van der Waals surface area contributed by atoms with Gasteiger partial charge in [0.15, 0.2) is 0 Å². The second-order valence-corrected chi connectivity index (χ2v) is 8.10. The van der Waals surface area contributed by atoms with Crippen molar-refractivity contribution in [3.05, 3.63) is 64.6 Å². The van der Waals surface area contributed by atoms with Crippen LogP contribution in [-0.2, 0) is 9.59 Å². The van der Waals surface area contributed by atoms with Crippen molar-refractivity contribution in [1.29, 1.82) is 0 Å². The first-order chi connectivity index (χ1) is 14.3. The molecule has 7 nitrogen and oxygen atoms in total. The van der Waals surface area contributed by atoms with Crippen molar-refractivity contribution in [2.24, 2.45) is 0 Å². The van der Waals surface area contributed by atoms with Crippen LogP contribution in [0.1, 0.15) is 28.8 Å². The highest BCUT2D eigenvalue weighted by molar-refractivity contribution is 8.26. The number of benzene rings is 2. The number of aromatic carboxylic acids is 1. The first-order valence-corrected chi connectivity index (χ1v) is 10.2. The van der Waals surface area contributed by atoms with E-state index in [2.05, 4.69) is 5.32 Å². The zero-order chi connectivity index (χ0) is 21.7. The number of nitrogens with zero attached hydrogens (tertiary/aromatic N) is 1. The zero-order valence-electron chi connectivity index (χ0n) is 15.7. The van der Waals surface area contributed by atoms with Crippen LogP contribution in [0.4, 0.5) is 5.69 Å². The molecule has 2 amide bonds. The first kappa shape index (κ1) is 21.5. The number of carboxylic acid groups (broad SMARTS) is 1. The maximum absolute atomic E-state index is 12.6. The summed E-state index contributed by atoms with van der Waals surface area (Å²) in [6, 6.07) is 12.6. The van der Waals surface area contributed by atoms with Gasteiger partial charge < -0.3 is 15.5 Å². The Kier molecular flexibility index (Phi) is 6.86. The second-order valence-electron chi connectivity index (χ2n) is 6.43. The summed E-state index contributed by atoms with van der Waals surface area (Å²) in [6.45, 7) is 0.300. The predicted molar refractivity (Wildman–Crippen MR) is 119 cm³/mol. The second kappa shape index (κ2) is 9.55. The lowest BCUT2D eigenvalue weighted by Gasteiger charge is -2.14. The maximum Gasteiger partial charge on any atom is 0.335 e. The van der Waals surface area contributed by atoms with Crippen LogP contribution in [-0.4, -0.2) is 43.8 Å². The maximum atomic E-state index is 12.6. The van der Waals surface area contributed by atoms with Gasteiger partial charge in [0.25, 0.3) is 5.91 Å². The number of thiocarbonyl (C=S) groups is 1. The van der Waals surface area contributed by atoms with E-state index in [1.807, 2.05) is 0 Å². The number of amides is 2. The molecule has 1 heterocycles. The average Bonchev–Trinajstić information content (AvgIpc) is 2.97. The molecule has 3 N–H and O–H groups in total. The van der Waals surface area contributed by atoms with Crippen molar-refractivity contribution >= 4 is 57.8 Å². The van der Waals surface area contributed by atoms with Gasteiger partial charge in [-0.25, -0.2) is 4.79 Å². The molecule has 0 aliphatic carbocycles. The lowest BCUT2D eigenvalue weighted by Crippen LogP contribution is -2.29. The van der Waals surface area contributed by atoms with E-state index in [1.165, 1.54) is 29.2 Å². The summed E-state index contributed by atoms with van der Waals surface area (Å²) in [5, 5.41) is 21.4. The smallest absolute Gasteiger partial charge is 0.335 e. The molecule has 1 fully saturated rings. The van der Waals surface area contributed by atoms with Gasteiger partial charge in [0.2, 0.25) is 5.91 Å². The third kappa shape index (κ3) is 5.25. The van der Waals surface area contributed by atoms with E-state index < -0.39 is 5.97 Å². The van der Waals surface area contributed by atoms with Crippen LogP contribution in [0.5, 0.6) is 5.75 Å². The number of carbonyl (C=O) groups excluding carboxylic acids is 2. The molecular formula is C21H18N2O5S2. The molecule has 0 saturated carbocycles. The van der Waals surface area contributed by atoms with Crippen molar-refractivity contribution in [3.63, 3.8) is 0 Å². The van der Waals surface area contributed by atoms with Crippen molar-refractivity contribution < 1.29 is 24.6 Å². The highest BCUT2D eigenvalue weighted by Crippen LogP contribution is 2.34. The number of carbonyl (C=O) groups is 3. The lowest BCUT2D eigenvalue weighted by atomic mass is 10.2. The van der Waals surface area contributed by atoms with Crippen LogP contribution in [0.3, 0.4) is 0 Å². The monoisotopic (exact) mass is 442 g/mol. The topological polar surface area (TPSA) is 107 Å². The standard InChI is InChI=1S/C21H18N2O5S2/c24-16-5-2-1-4-14(16)12-17-19(26)23(21(29)30-17)11-3-6-18(25)22-15-9-7-13(8-10-15)20(27)28/h1-2,4-5,7-10,12,24H,3,6,11H2,(H,22,25)(H,27,28)/b17-12-. The molecule has 30 heavy (non-hydrogen) atoms. The number of phenolic OH excluding ortho intramolecular Hbond substituents is 1. The van der Waals surface area contributed by atoms with Crippen LogP contribution in [0, 0.1) is 0 Å². The molecule has 0 atom stereocenters. The molecule has 1 saturated heterocycles. The largest absolute Gasteiger partial charge is 0.507 e. The molecule has 0 unspecified atom stereocenters. The Morgan fingerprint density at radius 1 is 1.13 bits per heavy atom. The van der Waals surface area contributed by atoms with Crippen molar-refractivity contribution in [2.45, 2.75) is 12.8 Å². The summed E-state index contributed by atoms with van der Waals surface area (Å²) < 4.78 is 0.409. The Balaban J connectivity index is 1.52. The minimum absolute atomic E-state index is 0.0795. The van der Waals surface area contributed by atoms with Gasteiger partial charge in [0, 0.05) is 24.2 Å². The fourth-order valence-electron chi connectivity index (χ4n) is 2.76. The number of anilines is 1. The number of hydrogen-bond donors (Lipinski definition) is 3. The van der Waals surface area contributed by atoms with Gasteiger partial charge in [-0.1, -0.05) is 42.2 Å². The number of thioether (sulfide) groups is 1. The van der Waals surface area contributed by atoms with Gasteiger partial charge in [-0.3, -0.25) is 14.5 Å². The van der Waals surface area contributed by atoms with E-state index in [9.17, 15) is 19.5 Å². The Bertz CT molecular complexity index is 1030. The van der Waals surface area contributed by atoms with E-state index in [-0.39, 0.29) is 29.5 Å². The Morgan fingerprint density at radius 3 is 2.50 bits per heavy atom. The molecule has 0 spiro atoms. The molecule has 0 radical (unpaired) electrons. The van der Waals surface area contributed by atoms with Gasteiger partial charge >= 0.3 is 5.97 Å². The van der Waals surface area contributed by atoms with Crippen LogP contribution in [0.15, 0.2) is 53.4 Å². The SMILES string of the molecule is O=C(CCCN1C(=O)/C(=C/c2ccccc2O)SC1=S)Nc1ccc(C(=O)O)cc1. The lowest BCUT2D eigenvalue weighted by molar-refractivity contribution is -0.122.